The van der Waals surface area contributed by atoms with Gasteiger partial charge >= 0.3 is 0 Å². The predicted molar refractivity (Wildman–Crippen MR) is 81.6 cm³/mol. The highest BCUT2D eigenvalue weighted by Gasteiger charge is 2.19. The fourth-order valence-electron chi connectivity index (χ4n) is 1.28. The van der Waals surface area contributed by atoms with Gasteiger partial charge in [-0.3, -0.25) is 0 Å². The SMILES string of the molecule is CS(=O)(=O)NCCNS(=O)(=O)c1cc(Cl)cc(N)c1Br. The predicted octanol–water partition coefficient (Wildman–Crippen LogP) is 0.512. The number of hydrogen-bond acceptors (Lipinski definition) is 5. The minimum Gasteiger partial charge on any atom is -0.398 e. The van der Waals surface area contributed by atoms with Crippen molar-refractivity contribution in [2.24, 2.45) is 0 Å². The first-order valence-electron chi connectivity index (χ1n) is 5.22. The highest BCUT2D eigenvalue weighted by Crippen LogP contribution is 2.31. The highest BCUT2D eigenvalue weighted by atomic mass is 79.9. The molecule has 0 bridgehead atoms. The van der Waals surface area contributed by atoms with Crippen LogP contribution in [0.3, 0.4) is 0 Å². The maximum Gasteiger partial charge on any atom is 0.241 e. The quantitative estimate of drug-likeness (QED) is 0.470. The number of halogens is 2. The number of rotatable bonds is 6. The summed E-state index contributed by atoms with van der Waals surface area (Å²) in [5.74, 6) is 0. The van der Waals surface area contributed by atoms with Crippen LogP contribution in [-0.4, -0.2) is 36.2 Å². The molecule has 0 heterocycles. The van der Waals surface area contributed by atoms with Crippen molar-refractivity contribution in [2.45, 2.75) is 4.90 Å². The number of nitrogens with two attached hydrogens (primary N) is 1. The zero-order valence-corrected chi connectivity index (χ0v) is 14.3. The van der Waals surface area contributed by atoms with Gasteiger partial charge < -0.3 is 5.73 Å². The molecule has 1 aromatic carbocycles. The van der Waals surface area contributed by atoms with Crippen LogP contribution in [-0.2, 0) is 20.0 Å². The molecule has 0 spiro atoms. The van der Waals surface area contributed by atoms with Crippen LogP contribution in [0.4, 0.5) is 5.69 Å². The summed E-state index contributed by atoms with van der Waals surface area (Å²) >= 11 is 8.84. The summed E-state index contributed by atoms with van der Waals surface area (Å²) in [6.07, 6.45) is 0.982. The van der Waals surface area contributed by atoms with Crippen molar-refractivity contribution >= 4 is 53.3 Å². The van der Waals surface area contributed by atoms with Gasteiger partial charge in [-0.25, -0.2) is 26.3 Å². The maximum atomic E-state index is 12.0. The number of hydrogen-bond donors (Lipinski definition) is 3. The van der Waals surface area contributed by atoms with E-state index >= 15 is 0 Å². The van der Waals surface area contributed by atoms with E-state index in [1.807, 2.05) is 0 Å². The second-order valence-electron chi connectivity index (χ2n) is 3.87. The zero-order chi connectivity index (χ0) is 15.6. The van der Waals surface area contributed by atoms with E-state index in [0.717, 1.165) is 6.26 Å². The molecule has 0 aliphatic rings. The topological polar surface area (TPSA) is 118 Å². The molecular formula is C9H13BrClN3O4S2. The third-order valence-corrected chi connectivity index (χ3v) is 5.68. The standard InChI is InChI=1S/C9H13BrClN3O4S2/c1-19(15,16)13-2-3-14-20(17,18)8-5-6(11)4-7(12)9(8)10/h4-5,13-14H,2-3,12H2,1H3. The Labute approximate surface area is 131 Å². The number of nitrogens with one attached hydrogen (secondary N) is 2. The third kappa shape index (κ3) is 5.19. The molecule has 0 radical (unpaired) electrons. The summed E-state index contributed by atoms with van der Waals surface area (Å²) in [5.41, 5.74) is 5.80. The highest BCUT2D eigenvalue weighted by molar-refractivity contribution is 9.10. The second kappa shape index (κ2) is 6.58. The fourth-order valence-corrected chi connectivity index (χ4v) is 4.07. The first kappa shape index (κ1) is 17.7. The molecule has 0 aliphatic carbocycles. The summed E-state index contributed by atoms with van der Waals surface area (Å²) in [6, 6.07) is 2.66. The van der Waals surface area contributed by atoms with Crippen LogP contribution >= 0.6 is 27.5 Å². The molecule has 0 aromatic heterocycles. The maximum absolute atomic E-state index is 12.0. The van der Waals surface area contributed by atoms with Crippen molar-refractivity contribution < 1.29 is 16.8 Å². The second-order valence-corrected chi connectivity index (χ2v) is 8.67. The van der Waals surface area contributed by atoms with Crippen molar-refractivity contribution in [2.75, 3.05) is 25.1 Å². The Hall–Kier alpha value is -0.390. The van der Waals surface area contributed by atoms with E-state index in [1.54, 1.807) is 0 Å². The Morgan fingerprint density at radius 2 is 1.75 bits per heavy atom. The zero-order valence-electron chi connectivity index (χ0n) is 10.4. The Balaban J connectivity index is 2.85. The molecule has 1 aromatic rings. The van der Waals surface area contributed by atoms with Gasteiger partial charge in [-0.1, -0.05) is 11.6 Å². The molecule has 0 unspecified atom stereocenters. The summed E-state index contributed by atoms with van der Waals surface area (Å²) in [5, 5.41) is 0.181. The Morgan fingerprint density at radius 1 is 1.20 bits per heavy atom. The van der Waals surface area contributed by atoms with Crippen molar-refractivity contribution in [1.82, 2.24) is 9.44 Å². The minimum atomic E-state index is -3.85. The Morgan fingerprint density at radius 3 is 2.30 bits per heavy atom. The van der Waals surface area contributed by atoms with Gasteiger partial charge in [0.25, 0.3) is 0 Å². The van der Waals surface area contributed by atoms with Gasteiger partial charge in [0, 0.05) is 23.8 Å². The van der Waals surface area contributed by atoms with Crippen molar-refractivity contribution in [3.8, 4) is 0 Å². The Bertz CT molecular complexity index is 706. The van der Waals surface area contributed by atoms with E-state index in [0.29, 0.717) is 0 Å². The molecule has 20 heavy (non-hydrogen) atoms. The summed E-state index contributed by atoms with van der Waals surface area (Å²) < 4.78 is 50.4. The minimum absolute atomic E-state index is 0.0638. The van der Waals surface area contributed by atoms with Gasteiger partial charge in [-0.2, -0.15) is 0 Å². The molecule has 4 N–H and O–H groups in total. The van der Waals surface area contributed by atoms with Crippen LogP contribution < -0.4 is 15.2 Å². The monoisotopic (exact) mass is 405 g/mol. The van der Waals surface area contributed by atoms with E-state index < -0.39 is 20.0 Å². The Kier molecular flexibility index (Phi) is 5.81. The van der Waals surface area contributed by atoms with E-state index in [9.17, 15) is 16.8 Å². The van der Waals surface area contributed by atoms with Gasteiger partial charge in [-0.05, 0) is 28.1 Å². The van der Waals surface area contributed by atoms with Gasteiger partial charge in [0.2, 0.25) is 20.0 Å². The molecule has 114 valence electrons. The average Bonchev–Trinajstić information content (AvgIpc) is 2.28. The van der Waals surface area contributed by atoms with Gasteiger partial charge in [-0.15, -0.1) is 0 Å². The lowest BCUT2D eigenvalue weighted by atomic mass is 10.3. The van der Waals surface area contributed by atoms with Crippen molar-refractivity contribution in [3.05, 3.63) is 21.6 Å². The van der Waals surface area contributed by atoms with Crippen LogP contribution in [0.15, 0.2) is 21.5 Å². The first-order chi connectivity index (χ1) is 9.03. The fraction of sp³-hybridized carbons (Fsp3) is 0.333. The molecule has 0 saturated carbocycles. The molecule has 0 saturated heterocycles. The van der Waals surface area contributed by atoms with E-state index in [1.165, 1.54) is 12.1 Å². The molecule has 1 rings (SSSR count). The van der Waals surface area contributed by atoms with Gasteiger partial charge in [0.05, 0.1) is 15.6 Å². The van der Waals surface area contributed by atoms with Gasteiger partial charge in [0.1, 0.15) is 0 Å². The van der Waals surface area contributed by atoms with E-state index in [4.69, 9.17) is 17.3 Å². The van der Waals surface area contributed by atoms with Crippen LogP contribution in [0.25, 0.3) is 0 Å². The average molecular weight is 407 g/mol. The molecular weight excluding hydrogens is 394 g/mol. The van der Waals surface area contributed by atoms with Crippen molar-refractivity contribution in [3.63, 3.8) is 0 Å². The molecule has 0 aliphatic heterocycles. The van der Waals surface area contributed by atoms with E-state index in [-0.39, 0.29) is 33.2 Å². The lowest BCUT2D eigenvalue weighted by Crippen LogP contribution is -2.34. The first-order valence-corrected chi connectivity index (χ1v) is 9.76. The van der Waals surface area contributed by atoms with Crippen LogP contribution in [0, 0.1) is 0 Å². The normalized spacial score (nSPS) is 12.6. The molecule has 0 atom stereocenters. The molecule has 7 nitrogen and oxygen atoms in total. The largest absolute Gasteiger partial charge is 0.398 e. The number of benzene rings is 1. The number of sulfonamides is 2. The lowest BCUT2D eigenvalue weighted by molar-refractivity contribution is 0.573. The third-order valence-electron chi connectivity index (χ3n) is 2.10. The summed E-state index contributed by atoms with van der Waals surface area (Å²) in [7, 11) is -7.21. The van der Waals surface area contributed by atoms with Crippen LogP contribution in [0.2, 0.25) is 5.02 Å². The van der Waals surface area contributed by atoms with E-state index in [2.05, 4.69) is 25.4 Å². The molecule has 11 heteroatoms. The van der Waals surface area contributed by atoms with Crippen LogP contribution in [0.1, 0.15) is 0 Å². The lowest BCUT2D eigenvalue weighted by Gasteiger charge is -2.10. The van der Waals surface area contributed by atoms with Gasteiger partial charge in [0.15, 0.2) is 0 Å². The summed E-state index contributed by atoms with van der Waals surface area (Å²) in [4.78, 5) is -0.109. The molecule has 0 fully saturated rings. The molecule has 0 amide bonds. The summed E-state index contributed by atoms with van der Waals surface area (Å²) in [6.45, 7) is -0.167. The van der Waals surface area contributed by atoms with Crippen molar-refractivity contribution in [1.29, 1.82) is 0 Å². The number of anilines is 1. The smallest absolute Gasteiger partial charge is 0.241 e. The number of nitrogen functional groups attached to an aromatic ring is 1. The van der Waals surface area contributed by atoms with Crippen LogP contribution in [0.5, 0.6) is 0 Å².